The van der Waals surface area contributed by atoms with Crippen molar-refractivity contribution in [1.29, 1.82) is 0 Å². The van der Waals surface area contributed by atoms with Crippen molar-refractivity contribution in [1.82, 2.24) is 0 Å². The Morgan fingerprint density at radius 2 is 2.00 bits per heavy atom. The van der Waals surface area contributed by atoms with E-state index < -0.39 is 0 Å². The van der Waals surface area contributed by atoms with Crippen LogP contribution in [0, 0.1) is 6.92 Å². The molecule has 21 heavy (non-hydrogen) atoms. The Morgan fingerprint density at radius 1 is 1.24 bits per heavy atom. The highest BCUT2D eigenvalue weighted by Crippen LogP contribution is 2.38. The van der Waals surface area contributed by atoms with E-state index in [0.717, 1.165) is 12.1 Å². The molecule has 0 aromatic heterocycles. The minimum Gasteiger partial charge on any atom is -0.325 e. The number of aryl methyl sites for hydroxylation is 1. The topological polar surface area (TPSA) is 29.1 Å². The summed E-state index contributed by atoms with van der Waals surface area (Å²) in [5.74, 6) is 0.0887. The zero-order valence-corrected chi connectivity index (χ0v) is 13.7. The Morgan fingerprint density at radius 3 is 2.71 bits per heavy atom. The maximum atomic E-state index is 12.4. The van der Waals surface area contributed by atoms with Gasteiger partial charge in [0, 0.05) is 15.5 Å². The van der Waals surface area contributed by atoms with Gasteiger partial charge in [0.05, 0.1) is 5.25 Å². The third-order valence-corrected chi connectivity index (χ3v) is 5.59. The first-order valence-electron chi connectivity index (χ1n) is 6.87. The summed E-state index contributed by atoms with van der Waals surface area (Å²) in [6.45, 7) is 2.08. The van der Waals surface area contributed by atoms with Gasteiger partial charge in [-0.3, -0.25) is 4.79 Å². The van der Waals surface area contributed by atoms with E-state index >= 15 is 0 Å². The fourth-order valence-electron chi connectivity index (χ4n) is 2.38. The predicted octanol–water partition coefficient (Wildman–Crippen LogP) is 4.37. The van der Waals surface area contributed by atoms with E-state index in [-0.39, 0.29) is 11.2 Å². The molecule has 0 saturated heterocycles. The second kappa shape index (κ2) is 6.16. The lowest BCUT2D eigenvalue weighted by Gasteiger charge is -2.10. The third kappa shape index (κ3) is 3.27. The summed E-state index contributed by atoms with van der Waals surface area (Å²) in [6.07, 6.45) is 2.86. The molecular formula is C17H17NOS2. The van der Waals surface area contributed by atoms with Gasteiger partial charge in [-0.1, -0.05) is 17.7 Å². The predicted molar refractivity (Wildman–Crippen MR) is 91.4 cm³/mol. The van der Waals surface area contributed by atoms with Gasteiger partial charge in [0.1, 0.15) is 0 Å². The van der Waals surface area contributed by atoms with E-state index in [1.807, 2.05) is 30.5 Å². The van der Waals surface area contributed by atoms with Crippen molar-refractivity contribution in [3.05, 3.63) is 53.6 Å². The molecule has 0 radical (unpaired) electrons. The first kappa shape index (κ1) is 14.5. The molecule has 4 heteroatoms. The number of benzene rings is 2. The maximum Gasteiger partial charge on any atom is 0.238 e. The molecule has 0 aliphatic carbocycles. The molecule has 1 N–H and O–H groups in total. The molecule has 2 aromatic rings. The molecule has 1 atom stereocenters. The molecule has 0 fully saturated rings. The zero-order valence-electron chi connectivity index (χ0n) is 12.1. The van der Waals surface area contributed by atoms with Crippen molar-refractivity contribution < 1.29 is 4.79 Å². The number of carbonyl (C=O) groups is 1. The monoisotopic (exact) mass is 315 g/mol. The van der Waals surface area contributed by atoms with Gasteiger partial charge in [-0.2, -0.15) is 0 Å². The van der Waals surface area contributed by atoms with Crippen LogP contribution in [0.4, 0.5) is 5.69 Å². The molecule has 0 bridgehead atoms. The molecule has 1 aliphatic rings. The molecule has 1 heterocycles. The number of hydrogen-bond donors (Lipinski definition) is 1. The molecule has 3 rings (SSSR count). The van der Waals surface area contributed by atoms with Crippen LogP contribution < -0.4 is 5.32 Å². The summed E-state index contributed by atoms with van der Waals surface area (Å²) >= 11 is 3.37. The minimum absolute atomic E-state index is 0.0259. The van der Waals surface area contributed by atoms with Gasteiger partial charge in [-0.25, -0.2) is 0 Å². The zero-order chi connectivity index (χ0) is 14.8. The number of hydrogen-bond acceptors (Lipinski definition) is 3. The Hall–Kier alpha value is -1.39. The first-order valence-corrected chi connectivity index (χ1v) is 8.97. The van der Waals surface area contributed by atoms with E-state index in [1.165, 1.54) is 20.9 Å². The molecule has 2 nitrogen and oxygen atoms in total. The van der Waals surface area contributed by atoms with E-state index in [9.17, 15) is 4.79 Å². The lowest BCUT2D eigenvalue weighted by Crippen LogP contribution is -2.24. The fraction of sp³-hybridized carbons (Fsp3) is 0.235. The normalized spacial score (nSPS) is 16.6. The van der Waals surface area contributed by atoms with Crippen LogP contribution in [0.5, 0.6) is 0 Å². The van der Waals surface area contributed by atoms with Gasteiger partial charge >= 0.3 is 0 Å². The van der Waals surface area contributed by atoms with Crippen LogP contribution in [0.1, 0.15) is 11.1 Å². The van der Waals surface area contributed by atoms with Crippen molar-refractivity contribution in [2.75, 3.05) is 11.6 Å². The molecule has 0 unspecified atom stereocenters. The number of amides is 1. The summed E-state index contributed by atoms with van der Waals surface area (Å²) < 4.78 is 0. The van der Waals surface area contributed by atoms with Crippen molar-refractivity contribution in [2.24, 2.45) is 0 Å². The Balaban J connectivity index is 1.67. The standard InChI is InChI=1S/C17H17NOS2/c1-11-3-4-12-10-16(21-15(12)9-11)17(19)18-13-5-7-14(20-2)8-6-13/h3-9,16H,10H2,1-2H3,(H,18,19)/t16-/m1/s1. The smallest absolute Gasteiger partial charge is 0.238 e. The quantitative estimate of drug-likeness (QED) is 0.853. The van der Waals surface area contributed by atoms with E-state index in [1.54, 1.807) is 23.5 Å². The number of fused-ring (bicyclic) bond motifs is 1. The maximum absolute atomic E-state index is 12.4. The van der Waals surface area contributed by atoms with Crippen molar-refractivity contribution >= 4 is 35.1 Å². The van der Waals surface area contributed by atoms with Crippen molar-refractivity contribution in [2.45, 2.75) is 28.4 Å². The third-order valence-electron chi connectivity index (χ3n) is 3.55. The Labute approximate surface area is 133 Å². The Bertz CT molecular complexity index is 667. The van der Waals surface area contributed by atoms with E-state index in [0.29, 0.717) is 0 Å². The second-order valence-corrected chi connectivity index (χ2v) is 7.26. The summed E-state index contributed by atoms with van der Waals surface area (Å²) in [5, 5.41) is 2.99. The van der Waals surface area contributed by atoms with Gasteiger partial charge in [0.15, 0.2) is 0 Å². The van der Waals surface area contributed by atoms with Gasteiger partial charge in [0.25, 0.3) is 0 Å². The molecular weight excluding hydrogens is 298 g/mol. The van der Waals surface area contributed by atoms with Gasteiger partial charge < -0.3 is 5.32 Å². The number of anilines is 1. The number of carbonyl (C=O) groups excluding carboxylic acids is 1. The average Bonchev–Trinajstić information content (AvgIpc) is 2.91. The Kier molecular flexibility index (Phi) is 4.27. The van der Waals surface area contributed by atoms with E-state index in [4.69, 9.17) is 0 Å². The summed E-state index contributed by atoms with van der Waals surface area (Å²) in [5.41, 5.74) is 3.39. The van der Waals surface area contributed by atoms with Crippen LogP contribution >= 0.6 is 23.5 Å². The van der Waals surface area contributed by atoms with Crippen molar-refractivity contribution in [3.8, 4) is 0 Å². The number of rotatable bonds is 3. The second-order valence-electron chi connectivity index (χ2n) is 5.14. The van der Waals surface area contributed by atoms with Gasteiger partial charge in [-0.15, -0.1) is 23.5 Å². The molecule has 108 valence electrons. The fourth-order valence-corrected chi connectivity index (χ4v) is 4.08. The molecule has 1 amide bonds. The summed E-state index contributed by atoms with van der Waals surface area (Å²) in [4.78, 5) is 14.8. The molecule has 2 aromatic carbocycles. The first-order chi connectivity index (χ1) is 10.2. The van der Waals surface area contributed by atoms with Gasteiger partial charge in [0.2, 0.25) is 5.91 Å². The molecule has 0 saturated carbocycles. The lowest BCUT2D eigenvalue weighted by atomic mass is 10.1. The van der Waals surface area contributed by atoms with Crippen LogP contribution in [-0.4, -0.2) is 17.4 Å². The minimum atomic E-state index is -0.0259. The SMILES string of the molecule is CSc1ccc(NC(=O)[C@H]2Cc3ccc(C)cc3S2)cc1. The lowest BCUT2D eigenvalue weighted by molar-refractivity contribution is -0.115. The van der Waals surface area contributed by atoms with Gasteiger partial charge in [-0.05, 0) is 55.5 Å². The van der Waals surface area contributed by atoms with Crippen LogP contribution in [0.25, 0.3) is 0 Å². The average molecular weight is 315 g/mol. The highest BCUT2D eigenvalue weighted by atomic mass is 32.2. The molecule has 1 aliphatic heterocycles. The summed E-state index contributed by atoms with van der Waals surface area (Å²) in [7, 11) is 0. The summed E-state index contributed by atoms with van der Waals surface area (Å²) in [6, 6.07) is 14.4. The van der Waals surface area contributed by atoms with Crippen LogP contribution in [0.3, 0.4) is 0 Å². The van der Waals surface area contributed by atoms with Crippen LogP contribution in [-0.2, 0) is 11.2 Å². The largest absolute Gasteiger partial charge is 0.325 e. The highest BCUT2D eigenvalue weighted by molar-refractivity contribution is 8.01. The molecule has 0 spiro atoms. The van der Waals surface area contributed by atoms with Crippen molar-refractivity contribution in [3.63, 3.8) is 0 Å². The van der Waals surface area contributed by atoms with E-state index in [2.05, 4.69) is 30.4 Å². The van der Waals surface area contributed by atoms with Crippen LogP contribution in [0.15, 0.2) is 52.3 Å². The number of thioether (sulfide) groups is 2. The van der Waals surface area contributed by atoms with Crippen LogP contribution in [0.2, 0.25) is 0 Å². The highest BCUT2D eigenvalue weighted by Gasteiger charge is 2.28. The number of nitrogens with one attached hydrogen (secondary N) is 1.